The van der Waals surface area contributed by atoms with Crippen molar-refractivity contribution in [2.75, 3.05) is 63.1 Å². The molecule has 1 heterocycles. The Morgan fingerprint density at radius 2 is 1.77 bits per heavy atom. The number of benzene rings is 2. The molecule has 2 aromatic carbocycles. The topological polar surface area (TPSA) is 88.1 Å². The molecule has 0 aliphatic carbocycles. The van der Waals surface area contributed by atoms with Gasteiger partial charge in [0.2, 0.25) is 0 Å². The Hall–Kier alpha value is -3.16. The Balaban J connectivity index is 1.69. The molecule has 3 N–H and O–H groups in total. The number of likely N-dealkylation sites (N-methyl/N-ethyl adjacent to an activating group) is 1. The molecule has 1 fully saturated rings. The van der Waals surface area contributed by atoms with E-state index in [4.69, 9.17) is 16.7 Å². The Kier molecular flexibility index (Phi) is 10.3. The van der Waals surface area contributed by atoms with Crippen molar-refractivity contribution in [2.24, 2.45) is 0 Å². The first-order valence-electron chi connectivity index (χ1n) is 12.1. The maximum atomic E-state index is 14.8. The molecule has 39 heavy (non-hydrogen) atoms. The number of carbonyl (C=O) groups excluding carboxylic acids is 2. The normalized spacial score (nSPS) is 14.3. The zero-order valence-corrected chi connectivity index (χ0v) is 21.9. The first kappa shape index (κ1) is 30.4. The van der Waals surface area contributed by atoms with E-state index in [0.29, 0.717) is 36.9 Å². The quantitative estimate of drug-likeness (QED) is 0.391. The number of piperazine rings is 1. The van der Waals surface area contributed by atoms with E-state index in [2.05, 4.69) is 10.6 Å². The summed E-state index contributed by atoms with van der Waals surface area (Å²) < 4.78 is 67.2. The van der Waals surface area contributed by atoms with Crippen LogP contribution in [0.25, 0.3) is 0 Å². The summed E-state index contributed by atoms with van der Waals surface area (Å²) >= 11 is 6.14. The van der Waals surface area contributed by atoms with E-state index >= 15 is 0 Å². The molecule has 1 aliphatic heterocycles. The number of aliphatic hydroxyl groups excluding tert-OH is 1. The monoisotopic (exact) mass is 577 g/mol. The molecule has 0 radical (unpaired) electrons. The van der Waals surface area contributed by atoms with Crippen molar-refractivity contribution >= 4 is 34.9 Å². The van der Waals surface area contributed by atoms with Gasteiger partial charge < -0.3 is 25.5 Å². The summed E-state index contributed by atoms with van der Waals surface area (Å²) in [5, 5.41) is 14.2. The SMILES string of the molecule is CN(CCO)C(=O)NCc1ccc(C(=O)Nc2ccc(Cl)cc2N2CCN(CCC(F)(F)F)CC2)c(F)c1F. The van der Waals surface area contributed by atoms with Gasteiger partial charge in [0, 0.05) is 63.4 Å². The van der Waals surface area contributed by atoms with E-state index in [9.17, 15) is 31.5 Å². The number of aliphatic hydroxyl groups is 1. The standard InChI is InChI=1S/C25H29ClF5N5O3/c1-34(12-13-37)24(39)32-15-16-2-4-18(22(28)21(16)27)23(38)33-19-5-3-17(26)14-20(19)36-10-8-35(9-11-36)7-6-25(29,30)31/h2-5,14,37H,6-13,15H2,1H3,(H,32,39)(H,33,38). The van der Waals surface area contributed by atoms with Crippen LogP contribution in [0.15, 0.2) is 30.3 Å². The first-order valence-corrected chi connectivity index (χ1v) is 12.5. The van der Waals surface area contributed by atoms with Crippen LogP contribution in [0, 0.1) is 11.6 Å². The zero-order chi connectivity index (χ0) is 28.7. The summed E-state index contributed by atoms with van der Waals surface area (Å²) in [6.07, 6.45) is -5.14. The average molecular weight is 578 g/mol. The van der Waals surface area contributed by atoms with Gasteiger partial charge in [-0.05, 0) is 24.3 Å². The molecule has 1 aliphatic rings. The lowest BCUT2D eigenvalue weighted by atomic mass is 10.1. The van der Waals surface area contributed by atoms with Crippen LogP contribution >= 0.6 is 11.6 Å². The van der Waals surface area contributed by atoms with E-state index in [-0.39, 0.29) is 37.5 Å². The minimum Gasteiger partial charge on any atom is -0.395 e. The summed E-state index contributed by atoms with van der Waals surface area (Å²) in [4.78, 5) is 29.5. The molecular weight excluding hydrogens is 549 g/mol. The number of hydrogen-bond acceptors (Lipinski definition) is 5. The van der Waals surface area contributed by atoms with Gasteiger partial charge in [-0.1, -0.05) is 17.7 Å². The third kappa shape index (κ3) is 8.41. The van der Waals surface area contributed by atoms with Crippen LogP contribution in [-0.2, 0) is 6.54 Å². The lowest BCUT2D eigenvalue weighted by Gasteiger charge is -2.37. The summed E-state index contributed by atoms with van der Waals surface area (Å²) in [5.74, 6) is -3.60. The highest BCUT2D eigenvalue weighted by molar-refractivity contribution is 6.31. The number of carbonyl (C=O) groups is 2. The fourth-order valence-corrected chi connectivity index (χ4v) is 4.18. The fraction of sp³-hybridized carbons (Fsp3) is 0.440. The number of nitrogens with one attached hydrogen (secondary N) is 2. The second-order valence-corrected chi connectivity index (χ2v) is 9.45. The molecule has 8 nitrogen and oxygen atoms in total. The van der Waals surface area contributed by atoms with Crippen LogP contribution in [-0.4, -0.2) is 85.9 Å². The van der Waals surface area contributed by atoms with Crippen LogP contribution in [0.2, 0.25) is 5.02 Å². The van der Waals surface area contributed by atoms with Crippen molar-refractivity contribution in [3.8, 4) is 0 Å². The number of urea groups is 1. The van der Waals surface area contributed by atoms with Crippen molar-refractivity contribution in [1.29, 1.82) is 0 Å². The summed E-state index contributed by atoms with van der Waals surface area (Å²) in [5.41, 5.74) is 0.0398. The van der Waals surface area contributed by atoms with Crippen LogP contribution < -0.4 is 15.5 Å². The predicted octanol–water partition coefficient (Wildman–Crippen LogP) is 4.08. The van der Waals surface area contributed by atoms with Gasteiger partial charge in [0.05, 0.1) is 30.0 Å². The third-order valence-electron chi connectivity index (χ3n) is 6.25. The highest BCUT2D eigenvalue weighted by atomic mass is 35.5. The third-order valence-corrected chi connectivity index (χ3v) is 6.49. The van der Waals surface area contributed by atoms with E-state index in [1.807, 2.05) is 4.90 Å². The van der Waals surface area contributed by atoms with Crippen LogP contribution in [0.5, 0.6) is 0 Å². The lowest BCUT2D eigenvalue weighted by molar-refractivity contribution is -0.138. The van der Waals surface area contributed by atoms with Gasteiger partial charge in [-0.3, -0.25) is 9.69 Å². The minimum absolute atomic E-state index is 0.0578. The van der Waals surface area contributed by atoms with Crippen molar-refractivity contribution in [1.82, 2.24) is 15.1 Å². The van der Waals surface area contributed by atoms with Crippen molar-refractivity contribution < 1.29 is 36.6 Å². The lowest BCUT2D eigenvalue weighted by Crippen LogP contribution is -2.47. The Bertz CT molecular complexity index is 1180. The van der Waals surface area contributed by atoms with Crippen LogP contribution in [0.3, 0.4) is 0 Å². The van der Waals surface area contributed by atoms with E-state index in [0.717, 1.165) is 6.07 Å². The van der Waals surface area contributed by atoms with Gasteiger partial charge in [-0.2, -0.15) is 13.2 Å². The summed E-state index contributed by atoms with van der Waals surface area (Å²) in [7, 11) is 1.43. The van der Waals surface area contributed by atoms with Gasteiger partial charge in [-0.15, -0.1) is 0 Å². The number of amides is 3. The highest BCUT2D eigenvalue weighted by Gasteiger charge is 2.29. The minimum atomic E-state index is -4.24. The van der Waals surface area contributed by atoms with Gasteiger partial charge in [-0.25, -0.2) is 13.6 Å². The van der Waals surface area contributed by atoms with Gasteiger partial charge in [0.1, 0.15) is 0 Å². The molecule has 0 spiro atoms. The van der Waals surface area contributed by atoms with Crippen molar-refractivity contribution in [3.05, 3.63) is 58.1 Å². The number of rotatable bonds is 9. The molecule has 1 saturated heterocycles. The van der Waals surface area contributed by atoms with E-state index < -0.39 is 41.7 Å². The molecule has 0 atom stereocenters. The molecule has 3 rings (SSSR count). The number of hydrogen-bond donors (Lipinski definition) is 3. The van der Waals surface area contributed by atoms with Gasteiger partial charge in [0.15, 0.2) is 11.6 Å². The molecule has 3 amide bonds. The number of nitrogens with zero attached hydrogens (tertiary/aromatic N) is 3. The Morgan fingerprint density at radius 3 is 2.41 bits per heavy atom. The smallest absolute Gasteiger partial charge is 0.390 e. The van der Waals surface area contributed by atoms with Crippen LogP contribution in [0.1, 0.15) is 22.3 Å². The second-order valence-electron chi connectivity index (χ2n) is 9.01. The largest absolute Gasteiger partial charge is 0.395 e. The van der Waals surface area contributed by atoms with Gasteiger partial charge in [0.25, 0.3) is 5.91 Å². The Labute approximate surface area is 227 Å². The fourth-order valence-electron chi connectivity index (χ4n) is 4.02. The number of alkyl halides is 3. The van der Waals surface area contributed by atoms with Crippen LogP contribution in [0.4, 0.5) is 38.1 Å². The average Bonchev–Trinajstić information content (AvgIpc) is 2.89. The molecule has 214 valence electrons. The molecule has 0 saturated carbocycles. The first-order chi connectivity index (χ1) is 18.4. The van der Waals surface area contributed by atoms with E-state index in [1.54, 1.807) is 11.0 Å². The maximum Gasteiger partial charge on any atom is 0.390 e. The molecule has 0 unspecified atom stereocenters. The predicted molar refractivity (Wildman–Crippen MR) is 137 cm³/mol. The summed E-state index contributed by atoms with van der Waals surface area (Å²) in [6, 6.07) is 6.29. The van der Waals surface area contributed by atoms with Crippen molar-refractivity contribution in [3.63, 3.8) is 0 Å². The number of halogens is 6. The molecule has 14 heteroatoms. The molecule has 2 aromatic rings. The second kappa shape index (κ2) is 13.3. The molecular formula is C25H29ClF5N5O3. The zero-order valence-electron chi connectivity index (χ0n) is 21.1. The van der Waals surface area contributed by atoms with Gasteiger partial charge >= 0.3 is 12.2 Å². The summed E-state index contributed by atoms with van der Waals surface area (Å²) in [6.45, 7) is 0.825. The molecule has 0 aromatic heterocycles. The highest BCUT2D eigenvalue weighted by Crippen LogP contribution is 2.31. The number of anilines is 2. The molecule has 0 bridgehead atoms. The maximum absolute atomic E-state index is 14.8. The Morgan fingerprint density at radius 1 is 1.08 bits per heavy atom. The van der Waals surface area contributed by atoms with E-state index in [1.165, 1.54) is 30.1 Å². The van der Waals surface area contributed by atoms with Crippen molar-refractivity contribution in [2.45, 2.75) is 19.1 Å².